The first-order chi connectivity index (χ1) is 9.69. The van der Waals surface area contributed by atoms with Gasteiger partial charge in [0, 0.05) is 12.6 Å². The number of aryl methyl sites for hydroxylation is 1. The van der Waals surface area contributed by atoms with Crippen molar-refractivity contribution in [3.05, 3.63) is 39.4 Å². The summed E-state index contributed by atoms with van der Waals surface area (Å²) in [7, 11) is 0. The maximum atomic E-state index is 12.2. The number of carbonyl (C=O) groups excluding carboxylic acids is 1. The van der Waals surface area contributed by atoms with Crippen LogP contribution >= 0.6 is 0 Å². The summed E-state index contributed by atoms with van der Waals surface area (Å²) < 4.78 is 0. The van der Waals surface area contributed by atoms with E-state index in [1.54, 1.807) is 19.9 Å². The number of rotatable bonds is 6. The maximum Gasteiger partial charge on any atom is 0.282 e. The Morgan fingerprint density at radius 1 is 1.52 bits per heavy atom. The van der Waals surface area contributed by atoms with Gasteiger partial charge in [-0.1, -0.05) is 26.3 Å². The van der Waals surface area contributed by atoms with E-state index in [-0.39, 0.29) is 23.7 Å². The van der Waals surface area contributed by atoms with Gasteiger partial charge in [-0.25, -0.2) is 0 Å². The molecule has 0 heterocycles. The number of aliphatic hydroxyl groups is 1. The Kier molecular flexibility index (Phi) is 5.43. The topological polar surface area (TPSA) is 92.5 Å². The lowest BCUT2D eigenvalue weighted by molar-refractivity contribution is -0.385. The van der Waals surface area contributed by atoms with Crippen LogP contribution in [0.25, 0.3) is 0 Å². The monoisotopic (exact) mass is 294 g/mol. The predicted octanol–water partition coefficient (Wildman–Crippen LogP) is 2.43. The SMILES string of the molecule is CCC(C)C(C)(O)CNC(=O)c1cc(C)ccc1[N+](=O)[O-]. The molecule has 0 aliphatic heterocycles. The van der Waals surface area contributed by atoms with E-state index < -0.39 is 16.4 Å². The fourth-order valence-electron chi connectivity index (χ4n) is 1.96. The molecule has 1 aromatic rings. The van der Waals surface area contributed by atoms with Crippen LogP contribution in [0.1, 0.15) is 43.1 Å². The molecule has 1 amide bonds. The van der Waals surface area contributed by atoms with Crippen LogP contribution in [0, 0.1) is 23.0 Å². The Hall–Kier alpha value is -1.95. The van der Waals surface area contributed by atoms with Gasteiger partial charge in [-0.15, -0.1) is 0 Å². The Labute approximate surface area is 124 Å². The molecule has 0 spiro atoms. The lowest BCUT2D eigenvalue weighted by Crippen LogP contribution is -2.45. The van der Waals surface area contributed by atoms with E-state index in [1.165, 1.54) is 12.1 Å². The normalized spacial score (nSPS) is 15.1. The summed E-state index contributed by atoms with van der Waals surface area (Å²) in [6.45, 7) is 7.29. The largest absolute Gasteiger partial charge is 0.388 e. The molecule has 6 nitrogen and oxygen atoms in total. The molecule has 0 radical (unpaired) electrons. The number of benzene rings is 1. The molecule has 0 saturated heterocycles. The smallest absolute Gasteiger partial charge is 0.282 e. The van der Waals surface area contributed by atoms with Crippen molar-refractivity contribution in [1.82, 2.24) is 5.32 Å². The molecular weight excluding hydrogens is 272 g/mol. The quantitative estimate of drug-likeness (QED) is 0.622. The van der Waals surface area contributed by atoms with Crippen molar-refractivity contribution in [3.63, 3.8) is 0 Å². The fourth-order valence-corrected chi connectivity index (χ4v) is 1.96. The molecule has 2 atom stereocenters. The van der Waals surface area contributed by atoms with Crippen LogP contribution in [0.5, 0.6) is 0 Å². The molecule has 1 rings (SSSR count). The molecule has 21 heavy (non-hydrogen) atoms. The third kappa shape index (κ3) is 4.26. The molecule has 2 N–H and O–H groups in total. The number of nitro groups is 1. The summed E-state index contributed by atoms with van der Waals surface area (Å²) in [5.74, 6) is -0.542. The fraction of sp³-hybridized carbons (Fsp3) is 0.533. The number of nitro benzene ring substituents is 1. The van der Waals surface area contributed by atoms with Gasteiger partial charge in [-0.05, 0) is 31.4 Å². The summed E-state index contributed by atoms with van der Waals surface area (Å²) in [6, 6.07) is 4.38. The van der Waals surface area contributed by atoms with Crippen molar-refractivity contribution in [3.8, 4) is 0 Å². The van der Waals surface area contributed by atoms with Crippen LogP contribution in [-0.2, 0) is 0 Å². The molecule has 0 aliphatic carbocycles. The number of hydrogen-bond donors (Lipinski definition) is 2. The van der Waals surface area contributed by atoms with E-state index in [0.717, 1.165) is 12.0 Å². The minimum Gasteiger partial charge on any atom is -0.388 e. The molecule has 2 unspecified atom stereocenters. The van der Waals surface area contributed by atoms with Gasteiger partial charge in [0.05, 0.1) is 10.5 Å². The van der Waals surface area contributed by atoms with E-state index in [9.17, 15) is 20.0 Å². The van der Waals surface area contributed by atoms with Gasteiger partial charge in [0.2, 0.25) is 0 Å². The van der Waals surface area contributed by atoms with E-state index in [1.807, 2.05) is 13.8 Å². The van der Waals surface area contributed by atoms with Crippen LogP contribution < -0.4 is 5.32 Å². The number of nitrogens with zero attached hydrogens (tertiary/aromatic N) is 1. The summed E-state index contributed by atoms with van der Waals surface area (Å²) in [4.78, 5) is 22.5. The predicted molar refractivity (Wildman–Crippen MR) is 80.2 cm³/mol. The number of carbonyl (C=O) groups is 1. The van der Waals surface area contributed by atoms with Crippen LogP contribution in [-0.4, -0.2) is 28.1 Å². The van der Waals surface area contributed by atoms with Crippen LogP contribution in [0.3, 0.4) is 0 Å². The zero-order valence-electron chi connectivity index (χ0n) is 12.8. The highest BCUT2D eigenvalue weighted by atomic mass is 16.6. The number of hydrogen-bond acceptors (Lipinski definition) is 4. The minimum absolute atomic E-state index is 0.00490. The van der Waals surface area contributed by atoms with Crippen molar-refractivity contribution >= 4 is 11.6 Å². The second kappa shape index (κ2) is 6.67. The second-order valence-corrected chi connectivity index (χ2v) is 5.63. The van der Waals surface area contributed by atoms with Crippen LogP contribution in [0.2, 0.25) is 0 Å². The molecule has 0 aliphatic rings. The number of nitrogens with one attached hydrogen (secondary N) is 1. The van der Waals surface area contributed by atoms with Crippen molar-refractivity contribution in [2.24, 2.45) is 5.92 Å². The average molecular weight is 294 g/mol. The zero-order chi connectivity index (χ0) is 16.2. The molecule has 0 bridgehead atoms. The minimum atomic E-state index is -1.05. The van der Waals surface area contributed by atoms with Crippen molar-refractivity contribution in [2.45, 2.75) is 39.7 Å². The van der Waals surface area contributed by atoms with Gasteiger partial charge < -0.3 is 10.4 Å². The van der Waals surface area contributed by atoms with Crippen LogP contribution in [0.4, 0.5) is 5.69 Å². The van der Waals surface area contributed by atoms with Gasteiger partial charge in [-0.3, -0.25) is 14.9 Å². The molecular formula is C15H22N2O4. The molecule has 6 heteroatoms. The van der Waals surface area contributed by atoms with E-state index in [0.29, 0.717) is 0 Å². The molecule has 0 aromatic heterocycles. The Morgan fingerprint density at radius 3 is 2.67 bits per heavy atom. The highest BCUT2D eigenvalue weighted by molar-refractivity contribution is 5.98. The molecule has 0 saturated carbocycles. The van der Waals surface area contributed by atoms with Crippen molar-refractivity contribution in [1.29, 1.82) is 0 Å². The maximum absolute atomic E-state index is 12.2. The molecule has 0 fully saturated rings. The Morgan fingerprint density at radius 2 is 2.14 bits per heavy atom. The van der Waals surface area contributed by atoms with E-state index in [2.05, 4.69) is 5.32 Å². The Balaban J connectivity index is 2.90. The van der Waals surface area contributed by atoms with Gasteiger partial charge in [0.25, 0.3) is 11.6 Å². The van der Waals surface area contributed by atoms with Crippen molar-refractivity contribution in [2.75, 3.05) is 6.54 Å². The van der Waals surface area contributed by atoms with Crippen molar-refractivity contribution < 1.29 is 14.8 Å². The molecule has 1 aromatic carbocycles. The van der Waals surface area contributed by atoms with Gasteiger partial charge in [-0.2, -0.15) is 0 Å². The first-order valence-electron chi connectivity index (χ1n) is 6.94. The summed E-state index contributed by atoms with van der Waals surface area (Å²) in [5.41, 5.74) is -0.510. The first-order valence-corrected chi connectivity index (χ1v) is 6.94. The van der Waals surface area contributed by atoms with Gasteiger partial charge in [0.15, 0.2) is 0 Å². The lowest BCUT2D eigenvalue weighted by atomic mass is 9.88. The first kappa shape index (κ1) is 17.1. The van der Waals surface area contributed by atoms with E-state index in [4.69, 9.17) is 0 Å². The standard InChI is InChI=1S/C15H22N2O4/c1-5-11(3)15(4,19)9-16-14(18)12-8-10(2)6-7-13(12)17(20)21/h6-8,11,19H,5,9H2,1-4H3,(H,16,18). The number of amides is 1. The molecule has 116 valence electrons. The Bertz CT molecular complexity index is 540. The third-order valence-corrected chi connectivity index (χ3v) is 3.87. The highest BCUT2D eigenvalue weighted by Gasteiger charge is 2.29. The van der Waals surface area contributed by atoms with Crippen LogP contribution in [0.15, 0.2) is 18.2 Å². The van der Waals surface area contributed by atoms with E-state index >= 15 is 0 Å². The second-order valence-electron chi connectivity index (χ2n) is 5.63. The van der Waals surface area contributed by atoms with Gasteiger partial charge >= 0.3 is 0 Å². The highest BCUT2D eigenvalue weighted by Crippen LogP contribution is 2.21. The van der Waals surface area contributed by atoms with Gasteiger partial charge in [0.1, 0.15) is 5.56 Å². The third-order valence-electron chi connectivity index (χ3n) is 3.87. The average Bonchev–Trinajstić information content (AvgIpc) is 2.43. The summed E-state index contributed by atoms with van der Waals surface area (Å²) >= 11 is 0. The lowest BCUT2D eigenvalue weighted by Gasteiger charge is -2.29. The summed E-state index contributed by atoms with van der Waals surface area (Å²) in [5, 5.41) is 23.8. The zero-order valence-corrected chi connectivity index (χ0v) is 12.8. The summed E-state index contributed by atoms with van der Waals surface area (Å²) in [6.07, 6.45) is 0.771.